The van der Waals surface area contributed by atoms with Crippen molar-refractivity contribution in [2.75, 3.05) is 11.9 Å². The molecular weight excluding hydrogens is 327 g/mol. The van der Waals surface area contributed by atoms with Gasteiger partial charge < -0.3 is 14.8 Å². The van der Waals surface area contributed by atoms with E-state index in [-0.39, 0.29) is 5.56 Å². The average Bonchev–Trinajstić information content (AvgIpc) is 2.53. The summed E-state index contributed by atoms with van der Waals surface area (Å²) in [5.41, 5.74) is 0.546. The van der Waals surface area contributed by atoms with Crippen LogP contribution in [0.5, 0.6) is 5.75 Å². The Hall–Kier alpha value is -3.03. The van der Waals surface area contributed by atoms with Gasteiger partial charge in [-0.15, -0.1) is 13.2 Å². The van der Waals surface area contributed by atoms with Crippen LogP contribution in [0, 0.1) is 0 Å². The Kier molecular flexibility index (Phi) is 5.41. The smallest absolute Gasteiger partial charge is 0.452 e. The Morgan fingerprint density at radius 2 is 1.58 bits per heavy atom. The molecule has 2 rings (SSSR count). The molecular formula is C16H12F3NO4. The van der Waals surface area contributed by atoms with Gasteiger partial charge in [0.1, 0.15) is 5.75 Å². The molecule has 2 aromatic rings. The number of esters is 1. The molecule has 0 radical (unpaired) electrons. The van der Waals surface area contributed by atoms with Crippen LogP contribution in [0.1, 0.15) is 10.4 Å². The molecule has 24 heavy (non-hydrogen) atoms. The van der Waals surface area contributed by atoms with Gasteiger partial charge in [-0.05, 0) is 36.4 Å². The third-order valence-corrected chi connectivity index (χ3v) is 2.72. The lowest BCUT2D eigenvalue weighted by Crippen LogP contribution is -2.21. The molecule has 126 valence electrons. The van der Waals surface area contributed by atoms with Crippen LogP contribution < -0.4 is 10.1 Å². The molecule has 0 unspecified atom stereocenters. The number of amides is 1. The number of rotatable bonds is 5. The standard InChI is InChI=1S/C16H12F3NO4/c17-16(18,19)24-13-8-6-11(7-9-13)15(22)23-10-14(21)20-12-4-2-1-3-5-12/h1-9H,10H2,(H,20,21). The van der Waals surface area contributed by atoms with Crippen LogP contribution in [-0.4, -0.2) is 24.8 Å². The van der Waals surface area contributed by atoms with Gasteiger partial charge in [0, 0.05) is 5.69 Å². The van der Waals surface area contributed by atoms with Gasteiger partial charge in [-0.3, -0.25) is 4.79 Å². The number of carbonyl (C=O) groups is 2. The van der Waals surface area contributed by atoms with Gasteiger partial charge in [-0.1, -0.05) is 18.2 Å². The first-order valence-corrected chi connectivity index (χ1v) is 6.71. The highest BCUT2D eigenvalue weighted by molar-refractivity contribution is 5.95. The maximum Gasteiger partial charge on any atom is 0.573 e. The van der Waals surface area contributed by atoms with Gasteiger partial charge in [0.25, 0.3) is 5.91 Å². The summed E-state index contributed by atoms with van der Waals surface area (Å²) in [5.74, 6) is -1.83. The first kappa shape index (κ1) is 17.3. The maximum absolute atomic E-state index is 12.0. The summed E-state index contributed by atoms with van der Waals surface area (Å²) < 4.78 is 44.6. The number of halogens is 3. The van der Waals surface area contributed by atoms with Gasteiger partial charge in [-0.25, -0.2) is 4.79 Å². The van der Waals surface area contributed by atoms with Gasteiger partial charge in [0.15, 0.2) is 6.61 Å². The predicted molar refractivity (Wildman–Crippen MR) is 78.5 cm³/mol. The van der Waals surface area contributed by atoms with E-state index in [1.54, 1.807) is 30.3 Å². The van der Waals surface area contributed by atoms with Crippen molar-refractivity contribution in [1.29, 1.82) is 0 Å². The topological polar surface area (TPSA) is 64.6 Å². The summed E-state index contributed by atoms with van der Waals surface area (Å²) in [6, 6.07) is 12.7. The minimum Gasteiger partial charge on any atom is -0.452 e. The van der Waals surface area contributed by atoms with Crippen LogP contribution in [0.15, 0.2) is 54.6 Å². The minimum atomic E-state index is -4.81. The van der Waals surface area contributed by atoms with Gasteiger partial charge in [0.2, 0.25) is 0 Å². The van der Waals surface area contributed by atoms with E-state index in [1.165, 1.54) is 0 Å². The van der Waals surface area contributed by atoms with E-state index in [0.29, 0.717) is 5.69 Å². The van der Waals surface area contributed by atoms with Gasteiger partial charge >= 0.3 is 12.3 Å². The molecule has 0 bridgehead atoms. The molecule has 0 atom stereocenters. The number of hydrogen-bond acceptors (Lipinski definition) is 4. The Bertz CT molecular complexity index is 700. The lowest BCUT2D eigenvalue weighted by molar-refractivity contribution is -0.274. The largest absolute Gasteiger partial charge is 0.573 e. The summed E-state index contributed by atoms with van der Waals surface area (Å²) in [7, 11) is 0. The molecule has 0 fully saturated rings. The Morgan fingerprint density at radius 3 is 2.17 bits per heavy atom. The van der Waals surface area contributed by atoms with E-state index in [2.05, 4.69) is 10.1 Å². The first-order chi connectivity index (χ1) is 11.3. The fraction of sp³-hybridized carbons (Fsp3) is 0.125. The normalized spacial score (nSPS) is 10.8. The monoisotopic (exact) mass is 339 g/mol. The molecule has 0 aliphatic rings. The van der Waals surface area contributed by atoms with Crippen LogP contribution in [-0.2, 0) is 9.53 Å². The van der Waals surface area contributed by atoms with Crippen molar-refractivity contribution in [2.45, 2.75) is 6.36 Å². The Labute approximate surface area is 135 Å². The second-order valence-corrected chi connectivity index (χ2v) is 4.56. The highest BCUT2D eigenvalue weighted by Crippen LogP contribution is 2.22. The third kappa shape index (κ3) is 5.64. The second-order valence-electron chi connectivity index (χ2n) is 4.56. The SMILES string of the molecule is O=C(COC(=O)c1ccc(OC(F)(F)F)cc1)Nc1ccccc1. The fourth-order valence-electron chi connectivity index (χ4n) is 1.73. The van der Waals surface area contributed by atoms with Crippen LogP contribution in [0.3, 0.4) is 0 Å². The van der Waals surface area contributed by atoms with E-state index in [4.69, 9.17) is 4.74 Å². The lowest BCUT2D eigenvalue weighted by Gasteiger charge is -2.09. The van der Waals surface area contributed by atoms with Crippen molar-refractivity contribution < 1.29 is 32.2 Å². The second kappa shape index (κ2) is 7.49. The molecule has 0 aromatic heterocycles. The van der Waals surface area contributed by atoms with Crippen molar-refractivity contribution in [2.24, 2.45) is 0 Å². The van der Waals surface area contributed by atoms with E-state index in [1.807, 2.05) is 0 Å². The van der Waals surface area contributed by atoms with Crippen molar-refractivity contribution in [3.8, 4) is 5.75 Å². The zero-order chi connectivity index (χ0) is 17.6. The third-order valence-electron chi connectivity index (χ3n) is 2.72. The zero-order valence-electron chi connectivity index (χ0n) is 12.2. The van der Waals surface area contributed by atoms with Crippen molar-refractivity contribution in [1.82, 2.24) is 0 Å². The highest BCUT2D eigenvalue weighted by atomic mass is 19.4. The van der Waals surface area contributed by atoms with Crippen LogP contribution >= 0.6 is 0 Å². The fourth-order valence-corrected chi connectivity index (χ4v) is 1.73. The van der Waals surface area contributed by atoms with E-state index >= 15 is 0 Å². The Balaban J connectivity index is 1.85. The molecule has 0 saturated carbocycles. The summed E-state index contributed by atoms with van der Waals surface area (Å²) in [6.45, 7) is -0.519. The maximum atomic E-state index is 12.0. The van der Waals surface area contributed by atoms with Crippen molar-refractivity contribution in [3.05, 3.63) is 60.2 Å². The molecule has 8 heteroatoms. The summed E-state index contributed by atoms with van der Waals surface area (Å²) in [4.78, 5) is 23.4. The van der Waals surface area contributed by atoms with Gasteiger partial charge in [-0.2, -0.15) is 0 Å². The summed E-state index contributed by atoms with van der Waals surface area (Å²) in [6.07, 6.45) is -4.81. The molecule has 1 amide bonds. The molecule has 0 heterocycles. The number of ether oxygens (including phenoxy) is 2. The Morgan fingerprint density at radius 1 is 0.958 bits per heavy atom. The number of carbonyl (C=O) groups excluding carboxylic acids is 2. The van der Waals surface area contributed by atoms with E-state index in [9.17, 15) is 22.8 Å². The number of benzene rings is 2. The first-order valence-electron chi connectivity index (χ1n) is 6.71. The molecule has 5 nitrogen and oxygen atoms in total. The number of anilines is 1. The molecule has 0 spiro atoms. The number of hydrogen-bond donors (Lipinski definition) is 1. The quantitative estimate of drug-likeness (QED) is 0.848. The van der Waals surface area contributed by atoms with Crippen molar-refractivity contribution >= 4 is 17.6 Å². The average molecular weight is 339 g/mol. The molecule has 1 N–H and O–H groups in total. The van der Waals surface area contributed by atoms with Gasteiger partial charge in [0.05, 0.1) is 5.56 Å². The lowest BCUT2D eigenvalue weighted by atomic mass is 10.2. The van der Waals surface area contributed by atoms with E-state index < -0.39 is 30.6 Å². The van der Waals surface area contributed by atoms with Crippen molar-refractivity contribution in [3.63, 3.8) is 0 Å². The summed E-state index contributed by atoms with van der Waals surface area (Å²) in [5, 5.41) is 2.52. The minimum absolute atomic E-state index is 0.00274. The van der Waals surface area contributed by atoms with Crippen LogP contribution in [0.25, 0.3) is 0 Å². The predicted octanol–water partition coefficient (Wildman–Crippen LogP) is 3.38. The molecule has 0 aliphatic heterocycles. The number of nitrogens with one attached hydrogen (secondary N) is 1. The van der Waals surface area contributed by atoms with Crippen LogP contribution in [0.2, 0.25) is 0 Å². The summed E-state index contributed by atoms with van der Waals surface area (Å²) >= 11 is 0. The zero-order valence-corrected chi connectivity index (χ0v) is 12.2. The molecule has 0 saturated heterocycles. The molecule has 2 aromatic carbocycles. The number of alkyl halides is 3. The van der Waals surface area contributed by atoms with Crippen LogP contribution in [0.4, 0.5) is 18.9 Å². The molecule has 0 aliphatic carbocycles. The van der Waals surface area contributed by atoms with E-state index in [0.717, 1.165) is 24.3 Å². The highest BCUT2D eigenvalue weighted by Gasteiger charge is 2.31. The number of para-hydroxylation sites is 1.